The number of fused-ring (bicyclic) bond motifs is 2. The van der Waals surface area contributed by atoms with Crippen molar-refractivity contribution in [2.24, 2.45) is 0 Å². The molecule has 6 heteroatoms. The molecule has 0 amide bonds. The third-order valence-corrected chi connectivity index (χ3v) is 4.81. The molecule has 0 saturated heterocycles. The zero-order valence-corrected chi connectivity index (χ0v) is 15.5. The van der Waals surface area contributed by atoms with Gasteiger partial charge in [0.25, 0.3) is 0 Å². The Morgan fingerprint density at radius 2 is 1.64 bits per heavy atom. The van der Waals surface area contributed by atoms with Crippen molar-refractivity contribution < 1.29 is 9.47 Å². The lowest BCUT2D eigenvalue weighted by Gasteiger charge is -2.03. The average molecular weight is 370 g/mol. The van der Waals surface area contributed by atoms with Gasteiger partial charge in [-0.15, -0.1) is 0 Å². The Morgan fingerprint density at radius 1 is 0.857 bits per heavy atom. The Kier molecular flexibility index (Phi) is 3.76. The fourth-order valence-corrected chi connectivity index (χ4v) is 3.38. The standard InChI is InChI=1S/C22H18N4O2/c1-27-15-8-6-14(7-9-15)22-25-20(19-5-3-4-12-26(19)22)21-23-17-11-10-16(28-2)13-18(17)24-21/h3-13H,1-2H3,(H,23,24). The molecule has 5 rings (SSSR count). The molecule has 0 atom stereocenters. The summed E-state index contributed by atoms with van der Waals surface area (Å²) in [5, 5.41) is 0. The van der Waals surface area contributed by atoms with Crippen LogP contribution in [0.15, 0.2) is 66.9 Å². The number of aromatic amines is 1. The maximum Gasteiger partial charge on any atom is 0.159 e. The van der Waals surface area contributed by atoms with Gasteiger partial charge in [0.2, 0.25) is 0 Å². The molecule has 0 radical (unpaired) electrons. The SMILES string of the molecule is COc1ccc(-c2nc(-c3nc4ccc(OC)cc4[nH]3)c3ccccn23)cc1. The van der Waals surface area contributed by atoms with Gasteiger partial charge in [0.05, 0.1) is 30.8 Å². The smallest absolute Gasteiger partial charge is 0.159 e. The molecule has 3 heterocycles. The van der Waals surface area contributed by atoms with E-state index in [0.29, 0.717) is 0 Å². The second kappa shape index (κ2) is 6.42. The molecule has 2 aromatic carbocycles. The van der Waals surface area contributed by atoms with Crippen LogP contribution in [-0.4, -0.2) is 33.6 Å². The summed E-state index contributed by atoms with van der Waals surface area (Å²) in [4.78, 5) is 13.0. The molecule has 0 aliphatic rings. The van der Waals surface area contributed by atoms with Gasteiger partial charge >= 0.3 is 0 Å². The Bertz CT molecular complexity index is 1290. The quantitative estimate of drug-likeness (QED) is 0.504. The van der Waals surface area contributed by atoms with E-state index in [1.165, 1.54) is 0 Å². The van der Waals surface area contributed by atoms with E-state index in [2.05, 4.69) is 9.38 Å². The van der Waals surface area contributed by atoms with Crippen molar-refractivity contribution >= 4 is 16.6 Å². The molecule has 0 aliphatic heterocycles. The summed E-state index contributed by atoms with van der Waals surface area (Å²) in [6.07, 6.45) is 2.01. The van der Waals surface area contributed by atoms with Crippen LogP contribution in [0.2, 0.25) is 0 Å². The van der Waals surface area contributed by atoms with Gasteiger partial charge in [-0.3, -0.25) is 4.40 Å². The van der Waals surface area contributed by atoms with Gasteiger partial charge in [-0.05, 0) is 48.5 Å². The van der Waals surface area contributed by atoms with Crippen LogP contribution in [0, 0.1) is 0 Å². The maximum atomic E-state index is 5.31. The first-order valence-corrected chi connectivity index (χ1v) is 8.92. The minimum absolute atomic E-state index is 0.728. The van der Waals surface area contributed by atoms with Gasteiger partial charge in [0.15, 0.2) is 5.82 Å². The molecule has 0 unspecified atom stereocenters. The van der Waals surface area contributed by atoms with Crippen molar-refractivity contribution in [2.45, 2.75) is 0 Å². The van der Waals surface area contributed by atoms with E-state index in [-0.39, 0.29) is 0 Å². The normalized spacial score (nSPS) is 11.2. The largest absolute Gasteiger partial charge is 0.497 e. The fourth-order valence-electron chi connectivity index (χ4n) is 3.38. The number of aromatic nitrogens is 4. The summed E-state index contributed by atoms with van der Waals surface area (Å²) in [6, 6.07) is 19.7. The number of ether oxygens (including phenoxy) is 2. The van der Waals surface area contributed by atoms with E-state index < -0.39 is 0 Å². The number of nitrogens with one attached hydrogen (secondary N) is 1. The molecule has 138 valence electrons. The first kappa shape index (κ1) is 16.4. The Balaban J connectivity index is 1.69. The molecule has 0 aliphatic carbocycles. The number of benzene rings is 2. The summed E-state index contributed by atoms with van der Waals surface area (Å²) in [7, 11) is 3.32. The van der Waals surface area contributed by atoms with Gasteiger partial charge in [0.1, 0.15) is 23.0 Å². The number of nitrogens with zero attached hydrogens (tertiary/aromatic N) is 3. The highest BCUT2D eigenvalue weighted by atomic mass is 16.5. The minimum Gasteiger partial charge on any atom is -0.497 e. The zero-order chi connectivity index (χ0) is 19.1. The molecule has 0 saturated carbocycles. The van der Waals surface area contributed by atoms with Gasteiger partial charge in [-0.1, -0.05) is 6.07 Å². The van der Waals surface area contributed by atoms with Crippen LogP contribution in [0.5, 0.6) is 11.5 Å². The molecule has 28 heavy (non-hydrogen) atoms. The molecule has 0 spiro atoms. The molecule has 3 aromatic heterocycles. The summed E-state index contributed by atoms with van der Waals surface area (Å²) in [5.74, 6) is 3.19. The van der Waals surface area contributed by atoms with Crippen molar-refractivity contribution in [3.63, 3.8) is 0 Å². The second-order valence-corrected chi connectivity index (χ2v) is 6.44. The summed E-state index contributed by atoms with van der Waals surface area (Å²) in [5.41, 5.74) is 4.59. The fraction of sp³-hybridized carbons (Fsp3) is 0.0909. The first-order chi connectivity index (χ1) is 13.8. The molecule has 0 bridgehead atoms. The van der Waals surface area contributed by atoms with E-state index in [9.17, 15) is 0 Å². The zero-order valence-electron chi connectivity index (χ0n) is 15.5. The first-order valence-electron chi connectivity index (χ1n) is 8.92. The molecular weight excluding hydrogens is 352 g/mol. The maximum absolute atomic E-state index is 5.31. The highest BCUT2D eigenvalue weighted by Gasteiger charge is 2.17. The topological polar surface area (TPSA) is 64.4 Å². The summed E-state index contributed by atoms with van der Waals surface area (Å²) in [6.45, 7) is 0. The van der Waals surface area contributed by atoms with Crippen LogP contribution in [-0.2, 0) is 0 Å². The van der Waals surface area contributed by atoms with Crippen molar-refractivity contribution in [2.75, 3.05) is 14.2 Å². The summed E-state index contributed by atoms with van der Waals surface area (Å²) >= 11 is 0. The highest BCUT2D eigenvalue weighted by Crippen LogP contribution is 2.30. The molecule has 0 fully saturated rings. The van der Waals surface area contributed by atoms with E-state index in [1.54, 1.807) is 14.2 Å². The minimum atomic E-state index is 0.728. The molecular formula is C22H18N4O2. The van der Waals surface area contributed by atoms with Gasteiger partial charge in [-0.25, -0.2) is 9.97 Å². The van der Waals surface area contributed by atoms with Gasteiger partial charge < -0.3 is 14.5 Å². The van der Waals surface area contributed by atoms with Crippen LogP contribution in [0.3, 0.4) is 0 Å². The lowest BCUT2D eigenvalue weighted by Crippen LogP contribution is -1.89. The summed E-state index contributed by atoms with van der Waals surface area (Å²) < 4.78 is 12.7. The number of pyridine rings is 1. The lowest BCUT2D eigenvalue weighted by molar-refractivity contribution is 0.415. The highest BCUT2D eigenvalue weighted by molar-refractivity contribution is 5.85. The van der Waals surface area contributed by atoms with E-state index in [4.69, 9.17) is 19.4 Å². The Hall–Kier alpha value is -3.80. The number of H-pyrrole nitrogens is 1. The predicted molar refractivity (Wildman–Crippen MR) is 109 cm³/mol. The average Bonchev–Trinajstić information content (AvgIpc) is 3.34. The molecule has 6 nitrogen and oxygen atoms in total. The van der Waals surface area contributed by atoms with Crippen molar-refractivity contribution in [1.29, 1.82) is 0 Å². The van der Waals surface area contributed by atoms with E-state index in [1.807, 2.05) is 66.9 Å². The Morgan fingerprint density at radius 3 is 2.43 bits per heavy atom. The second-order valence-electron chi connectivity index (χ2n) is 6.44. The Labute approximate surface area is 161 Å². The third-order valence-electron chi connectivity index (χ3n) is 4.81. The van der Waals surface area contributed by atoms with Crippen molar-refractivity contribution in [1.82, 2.24) is 19.4 Å². The van der Waals surface area contributed by atoms with Gasteiger partial charge in [-0.2, -0.15) is 0 Å². The number of methoxy groups -OCH3 is 2. The third kappa shape index (κ3) is 2.58. The van der Waals surface area contributed by atoms with Crippen LogP contribution >= 0.6 is 0 Å². The molecule has 5 aromatic rings. The number of imidazole rings is 2. The van der Waals surface area contributed by atoms with Gasteiger partial charge in [0, 0.05) is 17.8 Å². The lowest BCUT2D eigenvalue weighted by atomic mass is 10.2. The van der Waals surface area contributed by atoms with Crippen LogP contribution in [0.25, 0.3) is 39.5 Å². The predicted octanol–water partition coefficient (Wildman–Crippen LogP) is 4.56. The molecule has 1 N–H and O–H groups in total. The van der Waals surface area contributed by atoms with Crippen molar-refractivity contribution in [3.05, 3.63) is 66.9 Å². The number of rotatable bonds is 4. The number of hydrogen-bond donors (Lipinski definition) is 1. The monoisotopic (exact) mass is 370 g/mol. The van der Waals surface area contributed by atoms with Crippen LogP contribution in [0.1, 0.15) is 0 Å². The van der Waals surface area contributed by atoms with E-state index >= 15 is 0 Å². The van der Waals surface area contributed by atoms with Crippen molar-refractivity contribution in [3.8, 4) is 34.4 Å². The number of hydrogen-bond acceptors (Lipinski definition) is 4. The van der Waals surface area contributed by atoms with Crippen LogP contribution in [0.4, 0.5) is 0 Å². The van der Waals surface area contributed by atoms with E-state index in [0.717, 1.165) is 51.0 Å². The van der Waals surface area contributed by atoms with Crippen LogP contribution < -0.4 is 9.47 Å².